The van der Waals surface area contributed by atoms with Gasteiger partial charge >= 0.3 is 7.12 Å². The highest BCUT2D eigenvalue weighted by Crippen LogP contribution is 1.86. The van der Waals surface area contributed by atoms with Crippen LogP contribution in [0.4, 0.5) is 0 Å². The normalized spacial score (nSPS) is 9.67. The molecule has 0 unspecified atom stereocenters. The third kappa shape index (κ3) is 2.13. The average Bonchev–Trinajstić information content (AvgIpc) is 2.04. The molecule has 0 bridgehead atoms. The van der Waals surface area contributed by atoms with Crippen LogP contribution < -0.4 is 10.9 Å². The van der Waals surface area contributed by atoms with Gasteiger partial charge in [0.05, 0.1) is 0 Å². The van der Waals surface area contributed by atoms with E-state index >= 15 is 0 Å². The molecule has 0 aromatic heterocycles. The molecule has 0 spiro atoms. The molecule has 2 N–H and O–H groups in total. The molecule has 0 aliphatic carbocycles. The Kier molecular flexibility index (Phi) is 2.95. The quantitative estimate of drug-likeness (QED) is 0.565. The molecule has 12 heavy (non-hydrogen) atoms. The van der Waals surface area contributed by atoms with E-state index in [0.717, 1.165) is 0 Å². The van der Waals surface area contributed by atoms with E-state index in [0.29, 0.717) is 12.2 Å². The van der Waals surface area contributed by atoms with Gasteiger partial charge in [-0.15, -0.1) is 0 Å². The second kappa shape index (κ2) is 3.78. The summed E-state index contributed by atoms with van der Waals surface area (Å²) >= 11 is 0. The summed E-state index contributed by atoms with van der Waals surface area (Å²) in [7, 11) is -1.36. The van der Waals surface area contributed by atoms with Crippen LogP contribution in [0.2, 0.25) is 13.6 Å². The second-order valence-corrected chi connectivity index (χ2v) is 3.20. The van der Waals surface area contributed by atoms with Crippen LogP contribution in [0.1, 0.15) is 0 Å². The van der Waals surface area contributed by atoms with Gasteiger partial charge in [-0.25, -0.2) is 0 Å². The largest absolute Gasteiger partial charge is 0.488 e. The first-order chi connectivity index (χ1) is 5.61. The van der Waals surface area contributed by atoms with E-state index in [-0.39, 0.29) is 0 Å². The molecular weight excluding hydrogens is 150 g/mol. The Bertz CT molecular complexity index is 217. The van der Waals surface area contributed by atoms with Gasteiger partial charge in [0.15, 0.2) is 6.71 Å². The van der Waals surface area contributed by atoms with Gasteiger partial charge in [0.25, 0.3) is 0 Å². The molecule has 1 aromatic carbocycles. The number of rotatable bonds is 2. The van der Waals surface area contributed by atoms with E-state index in [4.69, 9.17) is 10.0 Å². The zero-order valence-electron chi connectivity index (χ0n) is 7.36. The third-order valence-electron chi connectivity index (χ3n) is 1.90. The fraction of sp³-hybridized carbons (Fsp3) is 0.250. The van der Waals surface area contributed by atoms with Crippen LogP contribution in [0.15, 0.2) is 24.3 Å². The molecule has 0 heterocycles. The second-order valence-electron chi connectivity index (χ2n) is 3.20. The molecule has 1 aromatic rings. The lowest BCUT2D eigenvalue weighted by atomic mass is 9.49. The lowest BCUT2D eigenvalue weighted by Gasteiger charge is -2.03. The predicted molar refractivity (Wildman–Crippen MR) is 53.4 cm³/mol. The Morgan fingerprint density at radius 2 is 1.33 bits per heavy atom. The minimum absolute atomic E-state index is 0.481. The summed E-state index contributed by atoms with van der Waals surface area (Å²) in [5.41, 5.74) is 1.75. The number of benzene rings is 1. The van der Waals surface area contributed by atoms with Crippen molar-refractivity contribution in [1.82, 2.24) is 0 Å². The SMILES string of the molecule is CB(C)c1ccc(B(O)O)cc1. The molecule has 0 aliphatic rings. The van der Waals surface area contributed by atoms with Gasteiger partial charge in [0.2, 0.25) is 0 Å². The summed E-state index contributed by atoms with van der Waals surface area (Å²) < 4.78 is 0. The van der Waals surface area contributed by atoms with Gasteiger partial charge in [-0.2, -0.15) is 0 Å². The van der Waals surface area contributed by atoms with Gasteiger partial charge in [0.1, 0.15) is 0 Å². The molecule has 0 saturated carbocycles. The highest BCUT2D eigenvalue weighted by molar-refractivity contribution is 6.71. The summed E-state index contributed by atoms with van der Waals surface area (Å²) in [5.74, 6) is 0. The van der Waals surface area contributed by atoms with Crippen molar-refractivity contribution < 1.29 is 10.0 Å². The number of hydrogen-bond donors (Lipinski definition) is 2. The van der Waals surface area contributed by atoms with E-state index in [9.17, 15) is 0 Å². The highest BCUT2D eigenvalue weighted by atomic mass is 16.4. The zero-order valence-corrected chi connectivity index (χ0v) is 7.36. The van der Waals surface area contributed by atoms with E-state index < -0.39 is 7.12 Å². The molecule has 4 heteroatoms. The summed E-state index contributed by atoms with van der Waals surface area (Å²) in [6.07, 6.45) is 0. The maximum absolute atomic E-state index is 8.81. The van der Waals surface area contributed by atoms with Crippen LogP contribution >= 0.6 is 0 Å². The van der Waals surface area contributed by atoms with Crippen molar-refractivity contribution in [2.75, 3.05) is 0 Å². The van der Waals surface area contributed by atoms with E-state index in [1.807, 2.05) is 12.1 Å². The van der Waals surface area contributed by atoms with Crippen LogP contribution in [0.5, 0.6) is 0 Å². The molecular formula is C8H12B2O2. The van der Waals surface area contributed by atoms with Crippen LogP contribution in [0.3, 0.4) is 0 Å². The van der Waals surface area contributed by atoms with Crippen LogP contribution in [0, 0.1) is 0 Å². The van der Waals surface area contributed by atoms with E-state index in [1.165, 1.54) is 5.46 Å². The van der Waals surface area contributed by atoms with Crippen molar-refractivity contribution in [2.24, 2.45) is 0 Å². The highest BCUT2D eigenvalue weighted by Gasteiger charge is 2.10. The van der Waals surface area contributed by atoms with Gasteiger partial charge in [-0.3, -0.25) is 0 Å². The lowest BCUT2D eigenvalue weighted by Crippen LogP contribution is -2.32. The standard InChI is InChI=1S/C8H12B2O2/c1-9(2)7-3-5-8(6-4-7)10(11)12/h3-6,11-12H,1-2H3. The molecule has 1 rings (SSSR count). The Labute approximate surface area is 73.5 Å². The first kappa shape index (κ1) is 9.36. The van der Waals surface area contributed by atoms with Gasteiger partial charge in [-0.05, 0) is 5.46 Å². The van der Waals surface area contributed by atoms with Crippen molar-refractivity contribution in [3.8, 4) is 0 Å². The minimum atomic E-state index is -1.36. The van der Waals surface area contributed by atoms with E-state index in [2.05, 4.69) is 13.6 Å². The Balaban J connectivity index is 2.86. The Hall–Kier alpha value is -0.730. The Morgan fingerprint density at radius 1 is 0.917 bits per heavy atom. The van der Waals surface area contributed by atoms with Crippen LogP contribution in [-0.4, -0.2) is 23.9 Å². The summed E-state index contributed by atoms with van der Waals surface area (Å²) in [6.45, 7) is 4.68. The summed E-state index contributed by atoms with van der Waals surface area (Å²) in [4.78, 5) is 0. The molecule has 0 saturated heterocycles. The van der Waals surface area contributed by atoms with Gasteiger partial charge in [0, 0.05) is 0 Å². The van der Waals surface area contributed by atoms with Crippen LogP contribution in [0.25, 0.3) is 0 Å². The predicted octanol–water partition coefficient (Wildman–Crippen LogP) is -0.672. The fourth-order valence-electron chi connectivity index (χ4n) is 1.05. The first-order valence-electron chi connectivity index (χ1n) is 4.07. The maximum atomic E-state index is 8.81. The molecule has 0 amide bonds. The van der Waals surface area contributed by atoms with Crippen molar-refractivity contribution in [3.05, 3.63) is 24.3 Å². The number of hydrogen-bond acceptors (Lipinski definition) is 2. The maximum Gasteiger partial charge on any atom is 0.488 e. The monoisotopic (exact) mass is 162 g/mol. The topological polar surface area (TPSA) is 40.5 Å². The summed E-state index contributed by atoms with van der Waals surface area (Å²) in [5, 5.41) is 17.6. The average molecular weight is 162 g/mol. The van der Waals surface area contributed by atoms with E-state index in [1.54, 1.807) is 12.1 Å². The molecule has 62 valence electrons. The molecule has 2 nitrogen and oxygen atoms in total. The molecule has 0 atom stereocenters. The summed E-state index contributed by atoms with van der Waals surface area (Å²) in [6, 6.07) is 7.30. The fourth-order valence-corrected chi connectivity index (χ4v) is 1.05. The minimum Gasteiger partial charge on any atom is -0.423 e. The van der Waals surface area contributed by atoms with Gasteiger partial charge in [-0.1, -0.05) is 43.4 Å². The van der Waals surface area contributed by atoms with Gasteiger partial charge < -0.3 is 10.0 Å². The van der Waals surface area contributed by atoms with Crippen molar-refractivity contribution >= 4 is 24.8 Å². The third-order valence-corrected chi connectivity index (χ3v) is 1.90. The Morgan fingerprint density at radius 3 is 1.67 bits per heavy atom. The van der Waals surface area contributed by atoms with Crippen molar-refractivity contribution in [2.45, 2.75) is 13.6 Å². The lowest BCUT2D eigenvalue weighted by molar-refractivity contribution is 0.426. The zero-order chi connectivity index (χ0) is 9.14. The van der Waals surface area contributed by atoms with Crippen molar-refractivity contribution in [3.63, 3.8) is 0 Å². The smallest absolute Gasteiger partial charge is 0.423 e. The van der Waals surface area contributed by atoms with Crippen molar-refractivity contribution in [1.29, 1.82) is 0 Å². The van der Waals surface area contributed by atoms with Crippen LogP contribution in [-0.2, 0) is 0 Å². The first-order valence-corrected chi connectivity index (χ1v) is 4.07. The molecule has 0 radical (unpaired) electrons. The molecule has 0 fully saturated rings. The molecule has 0 aliphatic heterocycles.